The Morgan fingerprint density at radius 2 is 1.54 bits per heavy atom. The van der Waals surface area contributed by atoms with Gasteiger partial charge in [-0.25, -0.2) is 18.0 Å². The number of carbonyl (C=O) groups is 2. The first-order valence-electron chi connectivity index (χ1n) is 8.70. The zero-order valence-electron chi connectivity index (χ0n) is 16.9. The first-order chi connectivity index (χ1) is 13.1. The minimum absolute atomic E-state index is 0.0808. The summed E-state index contributed by atoms with van der Waals surface area (Å²) in [4.78, 5) is 23.6. The molecule has 8 heteroatoms. The van der Waals surface area contributed by atoms with Crippen molar-refractivity contribution >= 4 is 22.0 Å². The number of nitrogens with zero attached hydrogens (tertiary/aromatic N) is 1. The van der Waals surface area contributed by atoms with Crippen LogP contribution in [0.3, 0.4) is 0 Å². The summed E-state index contributed by atoms with van der Waals surface area (Å²) in [6, 6.07) is 6.59. The van der Waals surface area contributed by atoms with Gasteiger partial charge in [-0.2, -0.15) is 4.31 Å². The number of rotatable bonds is 9. The Kier molecular flexibility index (Phi) is 9.08. The molecular weight excluding hydrogens is 382 g/mol. The monoisotopic (exact) mass is 409 g/mol. The number of ether oxygens (including phenoxy) is 2. The van der Waals surface area contributed by atoms with Gasteiger partial charge in [0.25, 0.3) is 0 Å². The third kappa shape index (κ3) is 6.61. The summed E-state index contributed by atoms with van der Waals surface area (Å²) in [7, 11) is -1.43. The molecule has 0 bridgehead atoms. The van der Waals surface area contributed by atoms with E-state index in [2.05, 4.69) is 9.47 Å². The van der Waals surface area contributed by atoms with Gasteiger partial charge in [0.15, 0.2) is 0 Å². The van der Waals surface area contributed by atoms with Gasteiger partial charge in [-0.3, -0.25) is 0 Å². The van der Waals surface area contributed by atoms with Gasteiger partial charge >= 0.3 is 11.9 Å². The van der Waals surface area contributed by atoms with Crippen molar-refractivity contribution in [2.45, 2.75) is 32.1 Å². The summed E-state index contributed by atoms with van der Waals surface area (Å²) in [6.07, 6.45) is 3.27. The van der Waals surface area contributed by atoms with Crippen LogP contribution in [0.2, 0.25) is 0 Å². The van der Waals surface area contributed by atoms with E-state index in [-0.39, 0.29) is 30.0 Å². The molecule has 1 rings (SSSR count). The Morgan fingerprint density at radius 1 is 1.00 bits per heavy atom. The minimum atomic E-state index is -3.74. The van der Waals surface area contributed by atoms with Crippen LogP contribution in [0.1, 0.15) is 25.8 Å². The number of hydrogen-bond acceptors (Lipinski definition) is 6. The number of hydrogen-bond donors (Lipinski definition) is 0. The molecule has 1 aromatic rings. The highest BCUT2D eigenvalue weighted by atomic mass is 32.2. The molecule has 0 atom stereocenters. The van der Waals surface area contributed by atoms with E-state index >= 15 is 0 Å². The largest absolute Gasteiger partial charge is 0.465 e. The third-order valence-electron chi connectivity index (χ3n) is 3.90. The molecule has 0 radical (unpaired) electrons. The summed E-state index contributed by atoms with van der Waals surface area (Å²) < 4.78 is 36.4. The first kappa shape index (κ1) is 23.6. The molecule has 0 heterocycles. The molecule has 0 amide bonds. The van der Waals surface area contributed by atoms with Gasteiger partial charge in [-0.05, 0) is 39.3 Å². The molecule has 0 unspecified atom stereocenters. The zero-order chi connectivity index (χ0) is 21.3. The number of sulfonamides is 1. The summed E-state index contributed by atoms with van der Waals surface area (Å²) >= 11 is 0. The number of allylic oxidation sites excluding steroid dienone is 1. The van der Waals surface area contributed by atoms with E-state index in [1.54, 1.807) is 30.3 Å². The van der Waals surface area contributed by atoms with Crippen molar-refractivity contribution in [1.82, 2.24) is 4.31 Å². The summed E-state index contributed by atoms with van der Waals surface area (Å²) in [6.45, 7) is 5.89. The van der Waals surface area contributed by atoms with Crippen LogP contribution in [0.25, 0.3) is 0 Å². The highest BCUT2D eigenvalue weighted by Gasteiger charge is 2.24. The van der Waals surface area contributed by atoms with Crippen molar-refractivity contribution in [3.05, 3.63) is 53.1 Å². The third-order valence-corrected chi connectivity index (χ3v) is 5.78. The molecule has 154 valence electrons. The van der Waals surface area contributed by atoms with Gasteiger partial charge in [0.2, 0.25) is 10.0 Å². The standard InChI is InChI=1S/C20H27NO6S/c1-15(2)12-14-21(28(24,25)17-10-8-16(3)9-11-17)13-6-7-18(19(22)26-4)20(23)27-5/h7-12H,6,13-14H2,1-5H3. The molecule has 28 heavy (non-hydrogen) atoms. The highest BCUT2D eigenvalue weighted by Crippen LogP contribution is 2.17. The van der Waals surface area contributed by atoms with Crippen molar-refractivity contribution < 1.29 is 27.5 Å². The second-order valence-corrected chi connectivity index (χ2v) is 8.29. The van der Waals surface area contributed by atoms with Crippen molar-refractivity contribution in [2.24, 2.45) is 0 Å². The maximum atomic E-state index is 13.0. The minimum Gasteiger partial charge on any atom is -0.465 e. The fraction of sp³-hybridized carbons (Fsp3) is 0.400. The summed E-state index contributed by atoms with van der Waals surface area (Å²) in [5.74, 6) is -1.66. The Bertz CT molecular complexity index is 831. The van der Waals surface area contributed by atoms with Crippen LogP contribution in [0.5, 0.6) is 0 Å². The molecule has 0 aliphatic heterocycles. The van der Waals surface area contributed by atoms with Gasteiger partial charge in [0.05, 0.1) is 19.1 Å². The maximum Gasteiger partial charge on any atom is 0.344 e. The van der Waals surface area contributed by atoms with E-state index in [0.717, 1.165) is 25.4 Å². The van der Waals surface area contributed by atoms with E-state index in [1.165, 1.54) is 10.4 Å². The molecule has 0 aromatic heterocycles. The van der Waals surface area contributed by atoms with Crippen LogP contribution >= 0.6 is 0 Å². The van der Waals surface area contributed by atoms with Crippen molar-refractivity contribution in [1.29, 1.82) is 0 Å². The Balaban J connectivity index is 3.12. The van der Waals surface area contributed by atoms with Crippen LogP contribution in [-0.4, -0.2) is 52.0 Å². The molecule has 1 aromatic carbocycles. The lowest BCUT2D eigenvalue weighted by Gasteiger charge is -2.21. The summed E-state index contributed by atoms with van der Waals surface area (Å²) in [5.41, 5.74) is 1.67. The molecule has 0 spiro atoms. The van der Waals surface area contributed by atoms with Crippen LogP contribution in [0.4, 0.5) is 0 Å². The van der Waals surface area contributed by atoms with Gasteiger partial charge in [-0.15, -0.1) is 0 Å². The summed E-state index contributed by atoms with van der Waals surface area (Å²) in [5, 5.41) is 0. The molecule has 0 aliphatic carbocycles. The average Bonchev–Trinajstić information content (AvgIpc) is 2.66. The van der Waals surface area contributed by atoms with E-state index in [4.69, 9.17) is 0 Å². The van der Waals surface area contributed by atoms with E-state index < -0.39 is 22.0 Å². The zero-order valence-corrected chi connectivity index (χ0v) is 17.7. The van der Waals surface area contributed by atoms with Crippen LogP contribution in [0, 0.1) is 6.92 Å². The average molecular weight is 410 g/mol. The highest BCUT2D eigenvalue weighted by molar-refractivity contribution is 7.89. The molecule has 0 N–H and O–H groups in total. The van der Waals surface area contributed by atoms with E-state index in [1.807, 2.05) is 20.8 Å². The number of esters is 2. The molecule has 0 fully saturated rings. The molecule has 0 saturated carbocycles. The predicted molar refractivity (Wildman–Crippen MR) is 106 cm³/mol. The Labute approximate surface area is 166 Å². The van der Waals surface area contributed by atoms with Crippen LogP contribution in [0.15, 0.2) is 52.5 Å². The van der Waals surface area contributed by atoms with E-state index in [0.29, 0.717) is 0 Å². The fourth-order valence-corrected chi connectivity index (χ4v) is 3.67. The smallest absolute Gasteiger partial charge is 0.344 e. The normalized spacial score (nSPS) is 10.9. The Hall–Kier alpha value is -2.45. The SMILES string of the molecule is COC(=O)C(=CCCN(CC=C(C)C)S(=O)(=O)c1ccc(C)cc1)C(=O)OC. The lowest BCUT2D eigenvalue weighted by Crippen LogP contribution is -2.32. The van der Waals surface area contributed by atoms with Gasteiger partial charge in [0, 0.05) is 13.1 Å². The first-order valence-corrected chi connectivity index (χ1v) is 10.1. The second-order valence-electron chi connectivity index (χ2n) is 6.35. The van der Waals surface area contributed by atoms with Crippen LogP contribution in [-0.2, 0) is 29.1 Å². The molecular formula is C20H27NO6S. The predicted octanol–water partition coefficient (Wildman–Crippen LogP) is 2.61. The van der Waals surface area contributed by atoms with Gasteiger partial charge in [0.1, 0.15) is 5.57 Å². The maximum absolute atomic E-state index is 13.0. The lowest BCUT2D eigenvalue weighted by atomic mass is 10.2. The number of carbonyl (C=O) groups excluding carboxylic acids is 2. The number of methoxy groups -OCH3 is 2. The van der Waals surface area contributed by atoms with Crippen molar-refractivity contribution in [2.75, 3.05) is 27.3 Å². The van der Waals surface area contributed by atoms with Crippen LogP contribution < -0.4 is 0 Å². The molecule has 0 aliphatic rings. The number of benzene rings is 1. The molecule has 0 saturated heterocycles. The van der Waals surface area contributed by atoms with E-state index in [9.17, 15) is 18.0 Å². The number of aryl methyl sites for hydroxylation is 1. The fourth-order valence-electron chi connectivity index (χ4n) is 2.28. The van der Waals surface area contributed by atoms with Crippen molar-refractivity contribution in [3.63, 3.8) is 0 Å². The van der Waals surface area contributed by atoms with Gasteiger partial charge < -0.3 is 9.47 Å². The second kappa shape index (κ2) is 10.8. The Morgan fingerprint density at radius 3 is 2.00 bits per heavy atom. The molecule has 7 nitrogen and oxygen atoms in total. The van der Waals surface area contributed by atoms with Gasteiger partial charge in [-0.1, -0.05) is 35.4 Å². The topological polar surface area (TPSA) is 90.0 Å². The van der Waals surface area contributed by atoms with Crippen molar-refractivity contribution in [3.8, 4) is 0 Å². The lowest BCUT2D eigenvalue weighted by molar-refractivity contribution is -0.144. The quantitative estimate of drug-likeness (QED) is 0.205.